The van der Waals surface area contributed by atoms with Crippen LogP contribution in [0.3, 0.4) is 0 Å². The van der Waals surface area contributed by atoms with Gasteiger partial charge in [0.05, 0.1) is 6.61 Å². The van der Waals surface area contributed by atoms with E-state index in [-0.39, 0.29) is 0 Å². The van der Waals surface area contributed by atoms with Crippen molar-refractivity contribution in [2.45, 2.75) is 60.4 Å². The molecule has 2 rings (SSSR count). The Balaban J connectivity index is 2.48. The van der Waals surface area contributed by atoms with Crippen molar-refractivity contribution in [2.24, 2.45) is 0 Å². The van der Waals surface area contributed by atoms with Crippen LogP contribution in [-0.2, 0) is 9.59 Å². The first-order valence-electron chi connectivity index (χ1n) is 9.59. The normalized spacial score (nSPS) is 12.9. The van der Waals surface area contributed by atoms with Crippen LogP contribution in [0.2, 0.25) is 0 Å². The number of carbonyl (C=O) groups excluding carboxylic acids is 1. The Morgan fingerprint density at radius 2 is 1.93 bits per heavy atom. The molecule has 0 saturated heterocycles. The topological polar surface area (TPSA) is 88.8 Å². The van der Waals surface area contributed by atoms with E-state index in [0.29, 0.717) is 30.8 Å². The van der Waals surface area contributed by atoms with Crippen molar-refractivity contribution < 1.29 is 23.8 Å². The lowest BCUT2D eigenvalue weighted by molar-refractivity contribution is -0.141. The van der Waals surface area contributed by atoms with Crippen LogP contribution in [0.1, 0.15) is 56.1 Å². The van der Waals surface area contributed by atoms with Crippen molar-refractivity contribution in [3.05, 3.63) is 34.6 Å². The van der Waals surface area contributed by atoms with Gasteiger partial charge in [0.15, 0.2) is 0 Å². The van der Waals surface area contributed by atoms with Crippen LogP contribution in [-0.4, -0.2) is 29.6 Å². The second-order valence-electron chi connectivity index (χ2n) is 6.99. The predicted molar refractivity (Wildman–Crippen MR) is 110 cm³/mol. The molecule has 1 heterocycles. The van der Waals surface area contributed by atoms with E-state index in [1.54, 1.807) is 0 Å². The molecule has 0 fully saturated rings. The monoisotopic (exact) mass is 387 g/mol. The fraction of sp³-hybridized carbons (Fsp3) is 0.455. The summed E-state index contributed by atoms with van der Waals surface area (Å²) in [5.41, 5.74) is 4.22. The standard InChI is InChI=1S/C22H29NO5/c1-7-9-18(22(25)26)23-19(24)10-12(3)16-11-17-13(4)15(6)28-21(17)14(5)20(16)27-8-2/h10-11,18H,7-9H2,1-6H3,(H,23,24)(H,25,26)/b12-10+. The fourth-order valence-corrected chi connectivity index (χ4v) is 3.27. The van der Waals surface area contributed by atoms with Gasteiger partial charge < -0.3 is 19.6 Å². The van der Waals surface area contributed by atoms with Crippen LogP contribution in [0, 0.1) is 20.8 Å². The summed E-state index contributed by atoms with van der Waals surface area (Å²) >= 11 is 0. The Morgan fingerprint density at radius 3 is 2.50 bits per heavy atom. The SMILES string of the molecule is CCCC(NC(=O)/C=C(\C)c1cc2c(C)c(C)oc2c(C)c1OCC)C(=O)O. The largest absolute Gasteiger partial charge is 0.493 e. The lowest BCUT2D eigenvalue weighted by Crippen LogP contribution is -2.39. The first-order chi connectivity index (χ1) is 13.2. The molecule has 28 heavy (non-hydrogen) atoms. The van der Waals surface area contributed by atoms with Gasteiger partial charge >= 0.3 is 5.97 Å². The highest BCUT2D eigenvalue weighted by atomic mass is 16.5. The van der Waals surface area contributed by atoms with Crippen LogP contribution in [0.15, 0.2) is 16.6 Å². The summed E-state index contributed by atoms with van der Waals surface area (Å²) < 4.78 is 11.8. The zero-order chi connectivity index (χ0) is 21.0. The minimum absolute atomic E-state index is 0.386. The number of amides is 1. The van der Waals surface area contributed by atoms with Gasteiger partial charge in [-0.3, -0.25) is 4.79 Å². The number of carbonyl (C=O) groups is 2. The third kappa shape index (κ3) is 4.38. The maximum absolute atomic E-state index is 12.4. The van der Waals surface area contributed by atoms with Crippen LogP contribution >= 0.6 is 0 Å². The summed E-state index contributed by atoms with van der Waals surface area (Å²) in [6.07, 6.45) is 2.48. The molecule has 0 aliphatic rings. The maximum Gasteiger partial charge on any atom is 0.326 e. The maximum atomic E-state index is 12.4. The number of allylic oxidation sites excluding steroid dienone is 1. The van der Waals surface area contributed by atoms with E-state index in [0.717, 1.165) is 33.4 Å². The zero-order valence-electron chi connectivity index (χ0n) is 17.4. The molecule has 6 nitrogen and oxygen atoms in total. The van der Waals surface area contributed by atoms with Gasteiger partial charge in [-0.2, -0.15) is 0 Å². The molecule has 2 aromatic rings. The van der Waals surface area contributed by atoms with Crippen LogP contribution < -0.4 is 10.1 Å². The van der Waals surface area contributed by atoms with E-state index in [1.165, 1.54) is 6.08 Å². The summed E-state index contributed by atoms with van der Waals surface area (Å²) in [6, 6.07) is 1.08. The Bertz CT molecular complexity index is 923. The Hall–Kier alpha value is -2.76. The molecule has 1 aromatic carbocycles. The average Bonchev–Trinajstić information content (AvgIpc) is 2.91. The second kappa shape index (κ2) is 8.95. The van der Waals surface area contributed by atoms with Crippen molar-refractivity contribution in [1.82, 2.24) is 5.32 Å². The molecule has 1 amide bonds. The Kier molecular flexibility index (Phi) is 6.89. The summed E-state index contributed by atoms with van der Waals surface area (Å²) in [6.45, 7) is 11.9. The first-order valence-corrected chi connectivity index (χ1v) is 9.59. The van der Waals surface area contributed by atoms with E-state index in [4.69, 9.17) is 9.15 Å². The lowest BCUT2D eigenvalue weighted by atomic mass is 9.98. The van der Waals surface area contributed by atoms with Crippen molar-refractivity contribution >= 4 is 28.4 Å². The molecule has 0 aliphatic carbocycles. The Morgan fingerprint density at radius 1 is 1.25 bits per heavy atom. The van der Waals surface area contributed by atoms with Gasteiger partial charge in [0.25, 0.3) is 0 Å². The van der Waals surface area contributed by atoms with Crippen molar-refractivity contribution in [3.8, 4) is 5.75 Å². The molecule has 1 atom stereocenters. The van der Waals surface area contributed by atoms with Gasteiger partial charge in [-0.05, 0) is 58.2 Å². The number of aliphatic carboxylic acids is 1. The second-order valence-corrected chi connectivity index (χ2v) is 6.99. The molecule has 152 valence electrons. The van der Waals surface area contributed by atoms with Gasteiger partial charge in [0.2, 0.25) is 5.91 Å². The highest BCUT2D eigenvalue weighted by molar-refractivity contribution is 5.99. The van der Waals surface area contributed by atoms with E-state index in [1.807, 2.05) is 47.6 Å². The van der Waals surface area contributed by atoms with Gasteiger partial charge in [-0.1, -0.05) is 13.3 Å². The van der Waals surface area contributed by atoms with E-state index < -0.39 is 17.9 Å². The number of furan rings is 1. The van der Waals surface area contributed by atoms with E-state index in [9.17, 15) is 14.7 Å². The molecule has 0 spiro atoms. The number of benzene rings is 1. The van der Waals surface area contributed by atoms with Gasteiger partial charge in [0, 0.05) is 22.6 Å². The zero-order valence-corrected chi connectivity index (χ0v) is 17.4. The van der Waals surface area contributed by atoms with Crippen molar-refractivity contribution in [3.63, 3.8) is 0 Å². The molecule has 1 unspecified atom stereocenters. The predicted octanol–water partition coefficient (Wildman–Crippen LogP) is 4.53. The van der Waals surface area contributed by atoms with Crippen LogP contribution in [0.5, 0.6) is 5.75 Å². The van der Waals surface area contributed by atoms with Gasteiger partial charge in [-0.25, -0.2) is 4.79 Å². The quantitative estimate of drug-likeness (QED) is 0.650. The minimum atomic E-state index is -1.03. The fourth-order valence-electron chi connectivity index (χ4n) is 3.27. The van der Waals surface area contributed by atoms with Gasteiger partial charge in [0.1, 0.15) is 23.1 Å². The van der Waals surface area contributed by atoms with Crippen LogP contribution in [0.4, 0.5) is 0 Å². The number of ether oxygens (including phenoxy) is 1. The molecular weight excluding hydrogens is 358 g/mol. The number of rotatable bonds is 8. The Labute approximate surface area is 165 Å². The van der Waals surface area contributed by atoms with E-state index >= 15 is 0 Å². The molecular formula is C22H29NO5. The number of nitrogens with one attached hydrogen (secondary N) is 1. The number of hydrogen-bond acceptors (Lipinski definition) is 4. The summed E-state index contributed by atoms with van der Waals surface area (Å²) in [7, 11) is 0. The minimum Gasteiger partial charge on any atom is -0.493 e. The van der Waals surface area contributed by atoms with E-state index in [2.05, 4.69) is 5.32 Å². The van der Waals surface area contributed by atoms with Gasteiger partial charge in [-0.15, -0.1) is 0 Å². The lowest BCUT2D eigenvalue weighted by Gasteiger charge is -2.15. The number of carboxylic acids is 1. The molecule has 0 saturated carbocycles. The third-order valence-electron chi connectivity index (χ3n) is 4.90. The summed E-state index contributed by atoms with van der Waals surface area (Å²) in [5, 5.41) is 12.8. The average molecular weight is 387 g/mol. The molecule has 0 aliphatic heterocycles. The van der Waals surface area contributed by atoms with Crippen molar-refractivity contribution in [1.29, 1.82) is 0 Å². The molecule has 6 heteroatoms. The highest BCUT2D eigenvalue weighted by Crippen LogP contribution is 2.38. The summed E-state index contributed by atoms with van der Waals surface area (Å²) in [5.74, 6) is 0.0613. The van der Waals surface area contributed by atoms with Crippen molar-refractivity contribution in [2.75, 3.05) is 6.61 Å². The molecule has 0 radical (unpaired) electrons. The smallest absolute Gasteiger partial charge is 0.326 e. The number of fused-ring (bicyclic) bond motifs is 1. The first kappa shape index (κ1) is 21.5. The molecule has 0 bridgehead atoms. The van der Waals surface area contributed by atoms with Crippen LogP contribution in [0.25, 0.3) is 16.5 Å². The molecule has 1 aromatic heterocycles. The molecule has 2 N–H and O–H groups in total. The number of aryl methyl sites for hydroxylation is 3. The number of carboxylic acid groups (broad SMARTS) is 1. The highest BCUT2D eigenvalue weighted by Gasteiger charge is 2.20. The third-order valence-corrected chi connectivity index (χ3v) is 4.90. The number of hydrogen-bond donors (Lipinski definition) is 2. The summed E-state index contributed by atoms with van der Waals surface area (Å²) in [4.78, 5) is 23.7.